The number of fused-ring (bicyclic) bond motifs is 13. The first-order valence-electron chi connectivity index (χ1n) is 40.0. The van der Waals surface area contributed by atoms with Crippen molar-refractivity contribution < 1.29 is 18.9 Å². The van der Waals surface area contributed by atoms with E-state index >= 15 is 0 Å². The van der Waals surface area contributed by atoms with Crippen LogP contribution in [0, 0.1) is 0 Å². The molecule has 0 bridgehead atoms. The summed E-state index contributed by atoms with van der Waals surface area (Å²) in [5, 5.41) is 4.22. The molecular weight excluding hydrogens is 1470 g/mol. The minimum atomic E-state index is -0.870. The molecule has 6 nitrogen and oxygen atoms in total. The minimum Gasteiger partial charge on any atom is -0.457 e. The van der Waals surface area contributed by atoms with Crippen molar-refractivity contribution in [2.75, 3.05) is 0 Å². The van der Waals surface area contributed by atoms with E-state index in [1.54, 1.807) is 11.3 Å². The van der Waals surface area contributed by atoms with Crippen molar-refractivity contribution >= 4 is 79.3 Å². The van der Waals surface area contributed by atoms with E-state index < -0.39 is 10.8 Å². The lowest BCUT2D eigenvalue weighted by Crippen LogP contribution is -2.28. The van der Waals surface area contributed by atoms with Crippen LogP contribution in [0.25, 0.3) is 133 Å². The molecule has 17 aromatic carbocycles. The van der Waals surface area contributed by atoms with Gasteiger partial charge in [-0.2, -0.15) is 0 Å². The number of hydrogen-bond donors (Lipinski definition) is 0. The molecule has 2 aromatic heterocycles. The predicted octanol–water partition coefficient (Wildman–Crippen LogP) is 30.3. The zero-order valence-electron chi connectivity index (χ0n) is 64.9. The van der Waals surface area contributed by atoms with E-state index in [0.717, 1.165) is 199 Å². The normalized spacial score (nSPS) is 12.6. The first-order valence-corrected chi connectivity index (χ1v) is 40.8. The number of benzene rings is 17. The second-order valence-electron chi connectivity index (χ2n) is 30.3. The second-order valence-corrected chi connectivity index (χ2v) is 31.3. The topological polar surface area (TPSA) is 62.7 Å². The Hall–Kier alpha value is -15.3. The Balaban J connectivity index is 0.816. The lowest BCUT2D eigenvalue weighted by Gasteiger charge is -2.34. The van der Waals surface area contributed by atoms with Crippen LogP contribution in [0.4, 0.5) is 0 Å². The lowest BCUT2D eigenvalue weighted by molar-refractivity contribution is 0.481. The Morgan fingerprint density at radius 1 is 0.227 bits per heavy atom. The molecule has 0 radical (unpaired) electrons. The van der Waals surface area contributed by atoms with Crippen molar-refractivity contribution in [2.24, 2.45) is 0 Å². The molecule has 562 valence electrons. The molecule has 0 amide bonds. The Kier molecular flexibility index (Phi) is 17.7. The molecule has 0 atom stereocenters. The van der Waals surface area contributed by atoms with Crippen LogP contribution in [0.5, 0.6) is 46.0 Å². The van der Waals surface area contributed by atoms with E-state index in [1.165, 1.54) is 0 Å². The summed E-state index contributed by atoms with van der Waals surface area (Å²) in [5.41, 5.74) is 25.4. The number of thiophene rings is 1. The van der Waals surface area contributed by atoms with E-state index in [9.17, 15) is 0 Å². The van der Waals surface area contributed by atoms with Crippen molar-refractivity contribution in [2.45, 2.75) is 10.8 Å². The number of aromatic nitrogens is 2. The zero-order chi connectivity index (χ0) is 79.7. The molecule has 19 aromatic rings. The van der Waals surface area contributed by atoms with Gasteiger partial charge in [-0.15, -0.1) is 11.3 Å². The highest BCUT2D eigenvalue weighted by Gasteiger charge is 2.49. The fraction of sp³-hybridized carbons (Fsp3) is 0.0179. The van der Waals surface area contributed by atoms with Gasteiger partial charge in [0, 0.05) is 21.9 Å². The Bertz CT molecular complexity index is 6590. The highest BCUT2D eigenvalue weighted by atomic mass is 32.1. The third-order valence-corrected chi connectivity index (χ3v) is 25.0. The van der Waals surface area contributed by atoms with Crippen LogP contribution >= 0.6 is 11.3 Å². The van der Waals surface area contributed by atoms with Crippen LogP contribution in [0.1, 0.15) is 66.8 Å². The first-order chi connectivity index (χ1) is 58.7. The van der Waals surface area contributed by atoms with Gasteiger partial charge in [0.25, 0.3) is 0 Å². The van der Waals surface area contributed by atoms with Gasteiger partial charge in [0.2, 0.25) is 0 Å². The Morgan fingerprint density at radius 2 is 0.496 bits per heavy atom. The van der Waals surface area contributed by atoms with Gasteiger partial charge >= 0.3 is 0 Å². The highest BCUT2D eigenvalue weighted by Crippen LogP contribution is 2.63. The fourth-order valence-electron chi connectivity index (χ4n) is 18.2. The molecule has 21 rings (SSSR count). The van der Waals surface area contributed by atoms with Gasteiger partial charge in [-0.25, -0.2) is 9.97 Å². The molecule has 0 unspecified atom stereocenters. The van der Waals surface area contributed by atoms with Crippen LogP contribution in [0.15, 0.2) is 402 Å². The summed E-state index contributed by atoms with van der Waals surface area (Å²) in [4.78, 5) is 14.5. The number of nitrogens with zero attached hydrogens (tertiary/aromatic N) is 2. The van der Waals surface area contributed by atoms with Crippen LogP contribution in [-0.2, 0) is 10.8 Å². The first kappa shape index (κ1) is 71.5. The van der Waals surface area contributed by atoms with Crippen molar-refractivity contribution in [3.05, 3.63) is 469 Å². The SMILES string of the molecule is C=Cc1ccc(Oc2ccc(C3(c4ccc(Oc5ccc(C=C)cc5)cc4)c4ccccc4-c4c(-c5sc(-c6cccc7c6-c6ccccc6C7(c6ccc(Oc7ccc(C=C)cc7)cc6)c6ccc(Oc7ccc(C=C)cc7)cc6)c6nc7c8ccc(-c9ccccc9)cc8c8cc(-c9ccccc9)ccc8c7nc56)cccc43)cc2)cc1. The fourth-order valence-corrected chi connectivity index (χ4v) is 19.4. The largest absolute Gasteiger partial charge is 0.457 e. The zero-order valence-corrected chi connectivity index (χ0v) is 65.7. The molecular formula is C112H74N2O4S. The van der Waals surface area contributed by atoms with Gasteiger partial charge in [0.15, 0.2) is 0 Å². The third kappa shape index (κ3) is 12.2. The summed E-state index contributed by atoms with van der Waals surface area (Å²) in [7, 11) is 0. The molecule has 0 aliphatic heterocycles. The van der Waals surface area contributed by atoms with Crippen molar-refractivity contribution in [1.29, 1.82) is 0 Å². The van der Waals surface area contributed by atoms with E-state index in [2.05, 4.69) is 305 Å². The smallest absolute Gasteiger partial charge is 0.127 e. The van der Waals surface area contributed by atoms with Gasteiger partial charge in [-0.3, -0.25) is 0 Å². The van der Waals surface area contributed by atoms with E-state index in [-0.39, 0.29) is 0 Å². The standard InChI is InChI=1S/C112H74N2O4S/c1-5-71-33-51-83(52-34-71)115-87-59-43-79(44-60-87)111(80-45-61-88(62-46-80)116-84-53-35-72(6-2)36-54-84)99-29-17-15-25-93(99)103-95(27-19-31-101(103)111)109-107-108(114-106-92-68-42-78(76-23-13-10-14-24-76)70-98(92)97-69-77(75-21-11-9-12-22-75)41-67-91(97)105(106)113-107)110(119-109)96-28-20-32-102-104(96)94-26-16-18-30-100(94)112(102,81-47-63-89(64-48-81)117-85-55-37-73(7-3)38-56-85)82-49-65-90(66-50-82)118-86-57-39-74(8-4)40-58-86/h5-70H,1-4H2. The van der Waals surface area contributed by atoms with Crippen LogP contribution in [0.3, 0.4) is 0 Å². The molecule has 0 N–H and O–H groups in total. The lowest BCUT2D eigenvalue weighted by atomic mass is 9.67. The quantitative estimate of drug-likeness (QED) is 0.0709. The van der Waals surface area contributed by atoms with Crippen molar-refractivity contribution in [3.63, 3.8) is 0 Å². The summed E-state index contributed by atoms with van der Waals surface area (Å²) in [5.74, 6) is 5.80. The van der Waals surface area contributed by atoms with Crippen LogP contribution in [-0.4, -0.2) is 9.97 Å². The number of ether oxygens (including phenoxy) is 4. The molecule has 0 fully saturated rings. The maximum atomic E-state index is 6.63. The van der Waals surface area contributed by atoms with Gasteiger partial charge < -0.3 is 18.9 Å². The monoisotopic (exact) mass is 1540 g/mol. The number of hydrogen-bond acceptors (Lipinski definition) is 7. The summed E-state index contributed by atoms with van der Waals surface area (Å²) in [6.45, 7) is 15.9. The second kappa shape index (κ2) is 29.5. The summed E-state index contributed by atoms with van der Waals surface area (Å²) in [6, 6.07) is 134. The average molecular weight is 1540 g/mol. The molecule has 0 spiro atoms. The van der Waals surface area contributed by atoms with Crippen LogP contribution in [0.2, 0.25) is 0 Å². The Morgan fingerprint density at radius 3 is 0.798 bits per heavy atom. The molecule has 0 saturated heterocycles. The average Bonchev–Trinajstić information content (AvgIpc) is 1.54. The van der Waals surface area contributed by atoms with Crippen molar-refractivity contribution in [3.8, 4) is 111 Å². The predicted molar refractivity (Wildman–Crippen MR) is 493 cm³/mol. The van der Waals surface area contributed by atoms with Crippen LogP contribution < -0.4 is 18.9 Å². The molecule has 2 aliphatic carbocycles. The van der Waals surface area contributed by atoms with Gasteiger partial charge in [-0.1, -0.05) is 318 Å². The van der Waals surface area contributed by atoms with Gasteiger partial charge in [-0.05, 0) is 231 Å². The molecule has 119 heavy (non-hydrogen) atoms. The van der Waals surface area contributed by atoms with E-state index in [1.807, 2.05) is 121 Å². The summed E-state index contributed by atoms with van der Waals surface area (Å²) >= 11 is 1.77. The minimum absolute atomic E-state index is 0.717. The molecule has 2 aliphatic rings. The van der Waals surface area contributed by atoms with E-state index in [0.29, 0.717) is 23.0 Å². The summed E-state index contributed by atoms with van der Waals surface area (Å²) < 4.78 is 26.5. The van der Waals surface area contributed by atoms with Gasteiger partial charge in [0.1, 0.15) is 57.0 Å². The number of rotatable bonds is 20. The maximum Gasteiger partial charge on any atom is 0.127 e. The molecule has 2 heterocycles. The highest BCUT2D eigenvalue weighted by molar-refractivity contribution is 7.21. The van der Waals surface area contributed by atoms with Gasteiger partial charge in [0.05, 0.1) is 31.6 Å². The maximum absolute atomic E-state index is 6.63. The molecule has 0 saturated carbocycles. The molecule has 7 heteroatoms. The van der Waals surface area contributed by atoms with Crippen molar-refractivity contribution in [1.82, 2.24) is 9.97 Å². The Labute approximate surface area is 694 Å². The van der Waals surface area contributed by atoms with E-state index in [4.69, 9.17) is 28.9 Å². The third-order valence-electron chi connectivity index (χ3n) is 23.8. The summed E-state index contributed by atoms with van der Waals surface area (Å²) in [6.07, 6.45) is 7.36.